The summed E-state index contributed by atoms with van der Waals surface area (Å²) in [6, 6.07) is 16.9. The van der Waals surface area contributed by atoms with E-state index in [2.05, 4.69) is 20.4 Å². The highest BCUT2D eigenvalue weighted by molar-refractivity contribution is 7.13. The highest BCUT2D eigenvalue weighted by Gasteiger charge is 2.16. The predicted molar refractivity (Wildman–Crippen MR) is 115 cm³/mol. The SMILES string of the molecule is COC(=O)Nc1cc(NC(=O)c2cc(-c3cccs3)nc3ccccc23)ccc1F. The Bertz CT molecular complexity index is 1240. The quantitative estimate of drug-likeness (QED) is 0.454. The van der Waals surface area contributed by atoms with Gasteiger partial charge in [0.25, 0.3) is 5.91 Å². The van der Waals surface area contributed by atoms with E-state index in [1.54, 1.807) is 6.07 Å². The summed E-state index contributed by atoms with van der Waals surface area (Å²) in [5.74, 6) is -1.02. The molecule has 0 radical (unpaired) electrons. The van der Waals surface area contributed by atoms with Crippen LogP contribution in [-0.2, 0) is 4.74 Å². The van der Waals surface area contributed by atoms with Crippen molar-refractivity contribution in [1.29, 1.82) is 0 Å². The number of halogens is 1. The van der Waals surface area contributed by atoms with Crippen molar-refractivity contribution in [1.82, 2.24) is 4.98 Å². The number of thiophene rings is 1. The first kappa shape index (κ1) is 19.5. The highest BCUT2D eigenvalue weighted by atomic mass is 32.1. The average Bonchev–Trinajstić information content (AvgIpc) is 3.30. The maximum Gasteiger partial charge on any atom is 0.411 e. The largest absolute Gasteiger partial charge is 0.453 e. The zero-order chi connectivity index (χ0) is 21.1. The third kappa shape index (κ3) is 3.99. The third-order valence-electron chi connectivity index (χ3n) is 4.38. The van der Waals surface area contributed by atoms with Crippen molar-refractivity contribution in [3.63, 3.8) is 0 Å². The number of ether oxygens (including phenoxy) is 1. The molecule has 0 atom stereocenters. The Morgan fingerprint density at radius 1 is 1.03 bits per heavy atom. The predicted octanol–water partition coefficient (Wildman–Crippen LogP) is 5.53. The Morgan fingerprint density at radius 2 is 1.87 bits per heavy atom. The number of fused-ring (bicyclic) bond motifs is 1. The van der Waals surface area contributed by atoms with E-state index in [0.717, 1.165) is 10.9 Å². The van der Waals surface area contributed by atoms with E-state index in [1.165, 1.54) is 30.6 Å². The van der Waals surface area contributed by atoms with Crippen LogP contribution in [0.5, 0.6) is 0 Å². The maximum atomic E-state index is 14.0. The zero-order valence-corrected chi connectivity index (χ0v) is 16.6. The van der Waals surface area contributed by atoms with Gasteiger partial charge >= 0.3 is 6.09 Å². The van der Waals surface area contributed by atoms with Crippen LogP contribution in [0.4, 0.5) is 20.6 Å². The first-order valence-electron chi connectivity index (χ1n) is 8.94. The van der Waals surface area contributed by atoms with Crippen LogP contribution in [0.25, 0.3) is 21.5 Å². The Kier molecular flexibility index (Phi) is 5.40. The number of carbonyl (C=O) groups excluding carboxylic acids is 2. The van der Waals surface area contributed by atoms with Gasteiger partial charge in [-0.1, -0.05) is 24.3 Å². The van der Waals surface area contributed by atoms with Gasteiger partial charge in [0.05, 0.1) is 34.4 Å². The fourth-order valence-corrected chi connectivity index (χ4v) is 3.66. The Balaban J connectivity index is 1.70. The number of aromatic nitrogens is 1. The number of methoxy groups -OCH3 is 1. The maximum absolute atomic E-state index is 14.0. The minimum absolute atomic E-state index is 0.0986. The molecule has 0 bridgehead atoms. The molecule has 0 aliphatic carbocycles. The van der Waals surface area contributed by atoms with E-state index in [-0.39, 0.29) is 11.6 Å². The Morgan fingerprint density at radius 3 is 2.63 bits per heavy atom. The summed E-state index contributed by atoms with van der Waals surface area (Å²) in [6.07, 6.45) is -0.807. The van der Waals surface area contributed by atoms with Crippen molar-refractivity contribution in [2.24, 2.45) is 0 Å². The van der Waals surface area contributed by atoms with Crippen LogP contribution in [0.3, 0.4) is 0 Å². The van der Waals surface area contributed by atoms with Crippen molar-refractivity contribution in [3.8, 4) is 10.6 Å². The molecule has 2 amide bonds. The van der Waals surface area contributed by atoms with Crippen LogP contribution in [-0.4, -0.2) is 24.1 Å². The Hall–Kier alpha value is -3.78. The summed E-state index contributed by atoms with van der Waals surface area (Å²) in [6.45, 7) is 0. The van der Waals surface area contributed by atoms with Gasteiger partial charge in [-0.2, -0.15) is 0 Å². The molecule has 8 heteroatoms. The van der Waals surface area contributed by atoms with Gasteiger partial charge < -0.3 is 10.1 Å². The number of hydrogen-bond donors (Lipinski definition) is 2. The fourth-order valence-electron chi connectivity index (χ4n) is 2.97. The number of hydrogen-bond acceptors (Lipinski definition) is 5. The molecule has 2 heterocycles. The standard InChI is InChI=1S/C22H16FN3O3S/c1-29-22(28)26-18-11-13(8-9-16(18)23)24-21(27)15-12-19(20-7-4-10-30-20)25-17-6-3-2-5-14(15)17/h2-12H,1H3,(H,24,27)(H,26,28). The number of nitrogens with one attached hydrogen (secondary N) is 2. The van der Waals surface area contributed by atoms with E-state index >= 15 is 0 Å². The second-order valence-corrected chi connectivity index (χ2v) is 7.26. The van der Waals surface area contributed by atoms with Crippen LogP contribution >= 0.6 is 11.3 Å². The number of carbonyl (C=O) groups is 2. The lowest BCUT2D eigenvalue weighted by molar-refractivity contribution is 0.102. The molecule has 0 unspecified atom stereocenters. The molecule has 2 aromatic heterocycles. The number of anilines is 2. The molecule has 0 saturated heterocycles. The molecule has 0 spiro atoms. The van der Waals surface area contributed by atoms with Crippen molar-refractivity contribution in [2.75, 3.05) is 17.7 Å². The number of nitrogens with zero attached hydrogens (tertiary/aromatic N) is 1. The third-order valence-corrected chi connectivity index (χ3v) is 5.27. The van der Waals surface area contributed by atoms with Crippen LogP contribution in [0.1, 0.15) is 10.4 Å². The van der Waals surface area contributed by atoms with Gasteiger partial charge in [0.15, 0.2) is 0 Å². The van der Waals surface area contributed by atoms with Crippen molar-refractivity contribution in [2.45, 2.75) is 0 Å². The summed E-state index contributed by atoms with van der Waals surface area (Å²) >= 11 is 1.53. The molecular formula is C22H16FN3O3S. The summed E-state index contributed by atoms with van der Waals surface area (Å²) in [4.78, 5) is 30.1. The van der Waals surface area contributed by atoms with Crippen molar-refractivity contribution in [3.05, 3.63) is 77.4 Å². The van der Waals surface area contributed by atoms with Gasteiger partial charge in [0.2, 0.25) is 0 Å². The molecular weight excluding hydrogens is 405 g/mol. The smallest absolute Gasteiger partial charge is 0.411 e. The van der Waals surface area contributed by atoms with Crippen LogP contribution in [0, 0.1) is 5.82 Å². The van der Waals surface area contributed by atoms with Gasteiger partial charge in [0.1, 0.15) is 5.82 Å². The minimum atomic E-state index is -0.807. The lowest BCUT2D eigenvalue weighted by atomic mass is 10.1. The fraction of sp³-hybridized carbons (Fsp3) is 0.0455. The van der Waals surface area contributed by atoms with Gasteiger partial charge in [-0.25, -0.2) is 14.2 Å². The number of benzene rings is 2. The molecule has 2 N–H and O–H groups in total. The second-order valence-electron chi connectivity index (χ2n) is 6.31. The normalized spacial score (nSPS) is 10.6. The summed E-state index contributed by atoms with van der Waals surface area (Å²) in [5.41, 5.74) is 2.06. The molecule has 150 valence electrons. The summed E-state index contributed by atoms with van der Waals surface area (Å²) in [5, 5.41) is 7.68. The van der Waals surface area contributed by atoms with Crippen molar-refractivity contribution >= 4 is 45.6 Å². The first-order valence-corrected chi connectivity index (χ1v) is 9.82. The minimum Gasteiger partial charge on any atom is -0.453 e. The van der Waals surface area contributed by atoms with E-state index in [0.29, 0.717) is 27.8 Å². The molecule has 0 saturated carbocycles. The lowest BCUT2D eigenvalue weighted by Crippen LogP contribution is -2.15. The molecule has 30 heavy (non-hydrogen) atoms. The van der Waals surface area contributed by atoms with Gasteiger partial charge in [-0.05, 0) is 41.8 Å². The molecule has 4 rings (SSSR count). The van der Waals surface area contributed by atoms with E-state index in [9.17, 15) is 14.0 Å². The zero-order valence-electron chi connectivity index (χ0n) is 15.8. The Labute approximate surface area is 175 Å². The van der Waals surface area contributed by atoms with Gasteiger partial charge in [0, 0.05) is 11.1 Å². The number of rotatable bonds is 4. The molecule has 0 aliphatic rings. The highest BCUT2D eigenvalue weighted by Crippen LogP contribution is 2.29. The molecule has 2 aromatic carbocycles. The van der Waals surface area contributed by atoms with E-state index in [1.807, 2.05) is 41.8 Å². The summed E-state index contributed by atoms with van der Waals surface area (Å²) in [7, 11) is 1.18. The second kappa shape index (κ2) is 8.30. The van der Waals surface area contributed by atoms with Crippen molar-refractivity contribution < 1.29 is 18.7 Å². The number of pyridine rings is 1. The molecule has 0 aliphatic heterocycles. The van der Waals surface area contributed by atoms with Crippen LogP contribution in [0.15, 0.2) is 66.0 Å². The monoisotopic (exact) mass is 421 g/mol. The van der Waals surface area contributed by atoms with Crippen LogP contribution < -0.4 is 10.6 Å². The molecule has 0 fully saturated rings. The number of para-hydroxylation sites is 1. The van der Waals surface area contributed by atoms with Gasteiger partial charge in [-0.15, -0.1) is 11.3 Å². The van der Waals surface area contributed by atoms with Gasteiger partial charge in [-0.3, -0.25) is 10.1 Å². The summed E-state index contributed by atoms with van der Waals surface area (Å²) < 4.78 is 18.4. The van der Waals surface area contributed by atoms with E-state index in [4.69, 9.17) is 0 Å². The molecule has 4 aromatic rings. The first-order chi connectivity index (χ1) is 14.5. The molecule has 6 nitrogen and oxygen atoms in total. The number of amides is 2. The van der Waals surface area contributed by atoms with Crippen LogP contribution in [0.2, 0.25) is 0 Å². The lowest BCUT2D eigenvalue weighted by Gasteiger charge is -2.12. The average molecular weight is 421 g/mol. The van der Waals surface area contributed by atoms with E-state index < -0.39 is 11.9 Å². The topological polar surface area (TPSA) is 80.3 Å².